The maximum atomic E-state index is 11.9. The summed E-state index contributed by atoms with van der Waals surface area (Å²) in [6, 6.07) is 0.517. The normalized spacial score (nSPS) is 23.1. The molecule has 0 aliphatic carbocycles. The molecule has 0 saturated carbocycles. The van der Waals surface area contributed by atoms with Crippen molar-refractivity contribution < 1.29 is 4.79 Å². The van der Waals surface area contributed by atoms with Crippen LogP contribution >= 0.6 is 0 Å². The lowest BCUT2D eigenvalue weighted by Gasteiger charge is -2.33. The minimum atomic E-state index is -0.00472. The predicted molar refractivity (Wildman–Crippen MR) is 61.8 cm³/mol. The third-order valence-corrected chi connectivity index (χ3v) is 3.16. The average molecular weight is 213 g/mol. The molecule has 4 nitrogen and oxygen atoms in total. The second-order valence-electron chi connectivity index (χ2n) is 4.39. The summed E-state index contributed by atoms with van der Waals surface area (Å²) in [6.07, 6.45) is 1.15. The first-order valence-electron chi connectivity index (χ1n) is 5.75. The van der Waals surface area contributed by atoms with Crippen molar-refractivity contribution in [1.82, 2.24) is 15.1 Å². The largest absolute Gasteiger partial charge is 0.347 e. The Hall–Kier alpha value is -0.610. The van der Waals surface area contributed by atoms with Crippen LogP contribution in [0.15, 0.2) is 0 Å². The molecule has 1 aliphatic rings. The van der Waals surface area contributed by atoms with Crippen molar-refractivity contribution in [2.75, 3.05) is 33.7 Å². The monoisotopic (exact) mass is 213 g/mol. The number of nitrogens with zero attached hydrogens (tertiary/aromatic N) is 2. The van der Waals surface area contributed by atoms with Gasteiger partial charge >= 0.3 is 0 Å². The van der Waals surface area contributed by atoms with Crippen LogP contribution in [0.4, 0.5) is 0 Å². The fraction of sp³-hybridized carbons (Fsp3) is 0.909. The summed E-state index contributed by atoms with van der Waals surface area (Å²) >= 11 is 0. The smallest absolute Gasteiger partial charge is 0.239 e. The number of likely N-dealkylation sites (N-methyl/N-ethyl adjacent to an activating group) is 2. The highest BCUT2D eigenvalue weighted by Gasteiger charge is 2.29. The molecule has 2 unspecified atom stereocenters. The summed E-state index contributed by atoms with van der Waals surface area (Å²) in [6.45, 7) is 7.15. The summed E-state index contributed by atoms with van der Waals surface area (Å²) in [5.74, 6) is 0.198. The van der Waals surface area contributed by atoms with Gasteiger partial charge in [-0.3, -0.25) is 9.69 Å². The van der Waals surface area contributed by atoms with E-state index in [4.69, 9.17) is 0 Å². The lowest BCUT2D eigenvalue weighted by Crippen LogP contribution is -2.50. The van der Waals surface area contributed by atoms with E-state index in [9.17, 15) is 4.79 Å². The van der Waals surface area contributed by atoms with Gasteiger partial charge in [0.2, 0.25) is 5.91 Å². The Morgan fingerprint density at radius 1 is 1.53 bits per heavy atom. The van der Waals surface area contributed by atoms with Crippen LogP contribution < -0.4 is 5.32 Å². The molecule has 0 aromatic carbocycles. The summed E-state index contributed by atoms with van der Waals surface area (Å²) in [4.78, 5) is 15.8. The number of carbonyl (C=O) groups excluding carboxylic acids is 1. The number of hydrogen-bond acceptors (Lipinski definition) is 3. The van der Waals surface area contributed by atoms with Gasteiger partial charge in [0.25, 0.3) is 0 Å². The zero-order valence-corrected chi connectivity index (χ0v) is 10.3. The van der Waals surface area contributed by atoms with E-state index in [2.05, 4.69) is 17.1 Å². The van der Waals surface area contributed by atoms with Crippen LogP contribution in [0, 0.1) is 0 Å². The number of nitrogens with one attached hydrogen (secondary N) is 1. The molecular formula is C11H23N3O. The van der Waals surface area contributed by atoms with Crippen LogP contribution in [-0.4, -0.2) is 61.5 Å². The van der Waals surface area contributed by atoms with E-state index in [1.807, 2.05) is 21.0 Å². The van der Waals surface area contributed by atoms with Gasteiger partial charge in [-0.2, -0.15) is 0 Å². The fourth-order valence-corrected chi connectivity index (χ4v) is 2.29. The molecule has 1 saturated heterocycles. The second-order valence-corrected chi connectivity index (χ2v) is 4.39. The molecule has 88 valence electrons. The van der Waals surface area contributed by atoms with Gasteiger partial charge < -0.3 is 10.2 Å². The van der Waals surface area contributed by atoms with E-state index in [0.717, 1.165) is 26.1 Å². The summed E-state index contributed by atoms with van der Waals surface area (Å²) in [5, 5.41) is 3.34. The molecule has 1 rings (SSSR count). The van der Waals surface area contributed by atoms with Gasteiger partial charge in [-0.15, -0.1) is 0 Å². The Balaban J connectivity index is 2.60. The number of hydrogen-bond donors (Lipinski definition) is 1. The quantitative estimate of drug-likeness (QED) is 0.722. The fourth-order valence-electron chi connectivity index (χ4n) is 2.29. The third-order valence-electron chi connectivity index (χ3n) is 3.16. The highest BCUT2D eigenvalue weighted by molar-refractivity contribution is 5.81. The highest BCUT2D eigenvalue weighted by atomic mass is 16.2. The SMILES string of the molecule is CCN(C1CCNC1)C(C)C(=O)N(C)C. The van der Waals surface area contributed by atoms with Gasteiger partial charge in [0.05, 0.1) is 6.04 Å². The summed E-state index contributed by atoms with van der Waals surface area (Å²) in [7, 11) is 3.64. The molecule has 1 N–H and O–H groups in total. The van der Waals surface area contributed by atoms with Gasteiger partial charge in [-0.1, -0.05) is 6.92 Å². The number of rotatable bonds is 4. The first-order valence-corrected chi connectivity index (χ1v) is 5.75. The van der Waals surface area contributed by atoms with Crippen LogP contribution in [0.5, 0.6) is 0 Å². The highest BCUT2D eigenvalue weighted by Crippen LogP contribution is 2.13. The topological polar surface area (TPSA) is 35.6 Å². The molecule has 0 radical (unpaired) electrons. The van der Waals surface area contributed by atoms with Crippen molar-refractivity contribution >= 4 is 5.91 Å². The molecule has 1 amide bonds. The molecule has 1 aliphatic heterocycles. The van der Waals surface area contributed by atoms with Crippen molar-refractivity contribution in [2.24, 2.45) is 0 Å². The van der Waals surface area contributed by atoms with Gasteiger partial charge in [0.1, 0.15) is 0 Å². The van der Waals surface area contributed by atoms with Gasteiger partial charge in [0.15, 0.2) is 0 Å². The van der Waals surface area contributed by atoms with Crippen molar-refractivity contribution in [1.29, 1.82) is 0 Å². The molecule has 1 fully saturated rings. The molecule has 1 heterocycles. The zero-order chi connectivity index (χ0) is 11.4. The standard InChI is InChI=1S/C11H23N3O/c1-5-14(10-6-7-12-8-10)9(2)11(15)13(3)4/h9-10,12H,5-8H2,1-4H3. The van der Waals surface area contributed by atoms with Gasteiger partial charge in [-0.25, -0.2) is 0 Å². The Morgan fingerprint density at radius 2 is 2.20 bits per heavy atom. The lowest BCUT2D eigenvalue weighted by atomic mass is 10.1. The van der Waals surface area contributed by atoms with Crippen LogP contribution in [0.3, 0.4) is 0 Å². The van der Waals surface area contributed by atoms with E-state index in [1.54, 1.807) is 4.90 Å². The third kappa shape index (κ3) is 2.92. The number of amides is 1. The minimum Gasteiger partial charge on any atom is -0.347 e. The maximum absolute atomic E-state index is 11.9. The van der Waals surface area contributed by atoms with Gasteiger partial charge in [0, 0.05) is 26.7 Å². The van der Waals surface area contributed by atoms with Crippen molar-refractivity contribution in [3.63, 3.8) is 0 Å². The number of carbonyl (C=O) groups is 1. The van der Waals surface area contributed by atoms with E-state index in [1.165, 1.54) is 0 Å². The molecule has 2 atom stereocenters. The first-order chi connectivity index (χ1) is 7.07. The van der Waals surface area contributed by atoms with Crippen LogP contribution in [0.25, 0.3) is 0 Å². The minimum absolute atomic E-state index is 0.00472. The average Bonchev–Trinajstić information content (AvgIpc) is 2.70. The maximum Gasteiger partial charge on any atom is 0.239 e. The molecule has 4 heteroatoms. The lowest BCUT2D eigenvalue weighted by molar-refractivity contribution is -0.134. The first kappa shape index (κ1) is 12.5. The van der Waals surface area contributed by atoms with E-state index in [-0.39, 0.29) is 11.9 Å². The molecule has 0 aromatic heterocycles. The predicted octanol–water partition coefficient (Wildman–Crippen LogP) is 0.147. The second kappa shape index (κ2) is 5.47. The Labute approximate surface area is 92.6 Å². The van der Waals surface area contributed by atoms with Crippen LogP contribution in [0.1, 0.15) is 20.3 Å². The summed E-state index contributed by atoms with van der Waals surface area (Å²) < 4.78 is 0. The molecule has 0 aromatic rings. The van der Waals surface area contributed by atoms with E-state index < -0.39 is 0 Å². The Morgan fingerprint density at radius 3 is 2.60 bits per heavy atom. The van der Waals surface area contributed by atoms with Gasteiger partial charge in [-0.05, 0) is 26.4 Å². The van der Waals surface area contributed by atoms with E-state index in [0.29, 0.717) is 6.04 Å². The molecular weight excluding hydrogens is 190 g/mol. The Kier molecular flexibility index (Phi) is 4.54. The zero-order valence-electron chi connectivity index (χ0n) is 10.3. The van der Waals surface area contributed by atoms with Crippen molar-refractivity contribution in [3.8, 4) is 0 Å². The summed E-state index contributed by atoms with van der Waals surface area (Å²) in [5.41, 5.74) is 0. The molecule has 0 spiro atoms. The van der Waals surface area contributed by atoms with Crippen LogP contribution in [0.2, 0.25) is 0 Å². The van der Waals surface area contributed by atoms with E-state index >= 15 is 0 Å². The van der Waals surface area contributed by atoms with Crippen molar-refractivity contribution in [2.45, 2.75) is 32.4 Å². The molecule has 15 heavy (non-hydrogen) atoms. The molecule has 0 bridgehead atoms. The van der Waals surface area contributed by atoms with Crippen molar-refractivity contribution in [3.05, 3.63) is 0 Å². The Bertz CT molecular complexity index is 212. The van der Waals surface area contributed by atoms with Crippen LogP contribution in [-0.2, 0) is 4.79 Å².